The normalized spacial score (nSPS) is 29.8. The monoisotopic (exact) mass is 324 g/mol. The van der Waals surface area contributed by atoms with E-state index < -0.39 is 0 Å². The third-order valence-electron chi connectivity index (χ3n) is 5.70. The molecule has 1 aromatic carbocycles. The van der Waals surface area contributed by atoms with Gasteiger partial charge in [-0.2, -0.15) is 0 Å². The summed E-state index contributed by atoms with van der Waals surface area (Å²) in [6, 6.07) is 9.30. The van der Waals surface area contributed by atoms with E-state index in [2.05, 4.69) is 33.4 Å². The highest BCUT2D eigenvalue weighted by molar-refractivity contribution is 5.89. The number of benzene rings is 1. The van der Waals surface area contributed by atoms with Gasteiger partial charge in [0.05, 0.1) is 5.56 Å². The SMILES string of the molecule is C=C1CCC(C(C)C)C2C=C(C)CC(OC(=O)c3ccccc3)C12. The molecule has 2 aliphatic rings. The summed E-state index contributed by atoms with van der Waals surface area (Å²) in [4.78, 5) is 12.5. The van der Waals surface area contributed by atoms with Gasteiger partial charge in [-0.3, -0.25) is 0 Å². The second-order valence-electron chi connectivity index (χ2n) is 7.73. The van der Waals surface area contributed by atoms with Crippen molar-refractivity contribution in [1.29, 1.82) is 0 Å². The average Bonchev–Trinajstić information content (AvgIpc) is 2.55. The molecule has 0 N–H and O–H groups in total. The van der Waals surface area contributed by atoms with Gasteiger partial charge >= 0.3 is 5.97 Å². The lowest BCUT2D eigenvalue weighted by molar-refractivity contribution is -0.00210. The molecule has 4 atom stereocenters. The third-order valence-corrected chi connectivity index (χ3v) is 5.70. The lowest BCUT2D eigenvalue weighted by Gasteiger charge is -2.46. The van der Waals surface area contributed by atoms with Crippen molar-refractivity contribution in [1.82, 2.24) is 0 Å². The summed E-state index contributed by atoms with van der Waals surface area (Å²) in [5.41, 5.74) is 3.22. The Balaban J connectivity index is 1.84. The van der Waals surface area contributed by atoms with E-state index in [1.165, 1.54) is 17.6 Å². The predicted octanol–water partition coefficient (Wildman–Crippen LogP) is 5.42. The molecule has 24 heavy (non-hydrogen) atoms. The number of ether oxygens (including phenoxy) is 1. The molecule has 0 aliphatic heterocycles. The second-order valence-corrected chi connectivity index (χ2v) is 7.73. The van der Waals surface area contributed by atoms with Gasteiger partial charge in [0.1, 0.15) is 6.10 Å². The van der Waals surface area contributed by atoms with Crippen molar-refractivity contribution >= 4 is 5.97 Å². The fraction of sp³-hybridized carbons (Fsp3) is 0.500. The van der Waals surface area contributed by atoms with Crippen LogP contribution >= 0.6 is 0 Å². The van der Waals surface area contributed by atoms with Crippen molar-refractivity contribution in [2.24, 2.45) is 23.7 Å². The Morgan fingerprint density at radius 1 is 1.25 bits per heavy atom. The number of fused-ring (bicyclic) bond motifs is 1. The van der Waals surface area contributed by atoms with Crippen LogP contribution in [0.1, 0.15) is 50.4 Å². The molecule has 1 aromatic rings. The summed E-state index contributed by atoms with van der Waals surface area (Å²) in [5.74, 6) is 1.79. The summed E-state index contributed by atoms with van der Waals surface area (Å²) in [6.07, 6.45) is 5.41. The van der Waals surface area contributed by atoms with Gasteiger partial charge in [-0.1, -0.05) is 55.8 Å². The Morgan fingerprint density at radius 2 is 1.96 bits per heavy atom. The topological polar surface area (TPSA) is 26.3 Å². The molecule has 2 nitrogen and oxygen atoms in total. The Labute approximate surface area is 145 Å². The molecule has 2 aliphatic carbocycles. The molecule has 0 spiro atoms. The van der Waals surface area contributed by atoms with Crippen LogP contribution in [0.2, 0.25) is 0 Å². The maximum Gasteiger partial charge on any atom is 0.338 e. The van der Waals surface area contributed by atoms with Crippen LogP contribution in [0.5, 0.6) is 0 Å². The van der Waals surface area contributed by atoms with Crippen molar-refractivity contribution in [3.63, 3.8) is 0 Å². The Morgan fingerprint density at radius 3 is 2.62 bits per heavy atom. The van der Waals surface area contributed by atoms with Gasteiger partial charge in [0.2, 0.25) is 0 Å². The van der Waals surface area contributed by atoms with Gasteiger partial charge < -0.3 is 4.74 Å². The van der Waals surface area contributed by atoms with E-state index in [0.717, 1.165) is 12.8 Å². The number of carbonyl (C=O) groups is 1. The largest absolute Gasteiger partial charge is 0.458 e. The summed E-state index contributed by atoms with van der Waals surface area (Å²) >= 11 is 0. The number of hydrogen-bond donors (Lipinski definition) is 0. The number of carbonyl (C=O) groups excluding carboxylic acids is 1. The first-order valence-electron chi connectivity index (χ1n) is 9.08. The molecule has 3 rings (SSSR count). The van der Waals surface area contributed by atoms with E-state index in [9.17, 15) is 4.79 Å². The molecule has 0 radical (unpaired) electrons. The number of esters is 1. The van der Waals surface area contributed by atoms with E-state index in [0.29, 0.717) is 23.3 Å². The van der Waals surface area contributed by atoms with E-state index in [1.807, 2.05) is 30.3 Å². The lowest BCUT2D eigenvalue weighted by Crippen LogP contribution is -2.42. The molecular formula is C22H28O2. The minimum atomic E-state index is -0.214. The first kappa shape index (κ1) is 17.0. The molecule has 2 heteroatoms. The second kappa shape index (κ2) is 6.96. The first-order chi connectivity index (χ1) is 11.5. The molecule has 1 fully saturated rings. The number of hydrogen-bond acceptors (Lipinski definition) is 2. The molecular weight excluding hydrogens is 296 g/mol. The Hall–Kier alpha value is -1.83. The summed E-state index contributed by atoms with van der Waals surface area (Å²) < 4.78 is 5.98. The zero-order chi connectivity index (χ0) is 17.3. The smallest absolute Gasteiger partial charge is 0.338 e. The van der Waals surface area contributed by atoms with Gasteiger partial charge in [-0.25, -0.2) is 4.79 Å². The standard InChI is InChI=1S/C22H28O2/c1-14(2)18-11-10-16(4)21-19(18)12-15(3)13-20(21)24-22(23)17-8-6-5-7-9-17/h5-9,12,14,18-21H,4,10-11,13H2,1-3H3. The summed E-state index contributed by atoms with van der Waals surface area (Å²) in [5, 5.41) is 0. The first-order valence-corrected chi connectivity index (χ1v) is 9.08. The average molecular weight is 324 g/mol. The third kappa shape index (κ3) is 3.33. The Bertz CT molecular complexity index is 641. The van der Waals surface area contributed by atoms with Gasteiger partial charge in [-0.05, 0) is 49.7 Å². The van der Waals surface area contributed by atoms with Crippen molar-refractivity contribution in [3.05, 3.63) is 59.7 Å². The number of rotatable bonds is 3. The van der Waals surface area contributed by atoms with Crippen molar-refractivity contribution in [2.75, 3.05) is 0 Å². The highest BCUT2D eigenvalue weighted by Crippen LogP contribution is 2.48. The molecule has 0 bridgehead atoms. The van der Waals surface area contributed by atoms with Crippen LogP contribution in [-0.4, -0.2) is 12.1 Å². The van der Waals surface area contributed by atoms with E-state index in [1.54, 1.807) is 0 Å². The maximum atomic E-state index is 12.5. The van der Waals surface area contributed by atoms with Gasteiger partial charge in [0.25, 0.3) is 0 Å². The zero-order valence-electron chi connectivity index (χ0n) is 15.0. The zero-order valence-corrected chi connectivity index (χ0v) is 15.0. The van der Waals surface area contributed by atoms with Crippen molar-refractivity contribution < 1.29 is 9.53 Å². The molecule has 0 aromatic heterocycles. The van der Waals surface area contributed by atoms with Crippen molar-refractivity contribution in [2.45, 2.75) is 46.1 Å². The minimum Gasteiger partial charge on any atom is -0.458 e. The van der Waals surface area contributed by atoms with Gasteiger partial charge in [0, 0.05) is 12.3 Å². The fourth-order valence-corrected chi connectivity index (χ4v) is 4.50. The fourth-order valence-electron chi connectivity index (χ4n) is 4.50. The highest BCUT2D eigenvalue weighted by Gasteiger charge is 2.43. The summed E-state index contributed by atoms with van der Waals surface area (Å²) in [6.45, 7) is 11.1. The molecule has 1 saturated carbocycles. The van der Waals surface area contributed by atoms with E-state index in [-0.39, 0.29) is 18.0 Å². The maximum absolute atomic E-state index is 12.5. The van der Waals surface area contributed by atoms with Crippen LogP contribution in [0.4, 0.5) is 0 Å². The highest BCUT2D eigenvalue weighted by atomic mass is 16.5. The lowest BCUT2D eigenvalue weighted by atomic mass is 9.61. The molecule has 0 saturated heterocycles. The molecule has 128 valence electrons. The van der Waals surface area contributed by atoms with Crippen molar-refractivity contribution in [3.8, 4) is 0 Å². The molecule has 0 amide bonds. The Kier molecular flexibility index (Phi) is 4.93. The quantitative estimate of drug-likeness (QED) is 0.548. The van der Waals surface area contributed by atoms with Crippen LogP contribution in [-0.2, 0) is 4.74 Å². The van der Waals surface area contributed by atoms with Crippen LogP contribution < -0.4 is 0 Å². The molecule has 0 heterocycles. The van der Waals surface area contributed by atoms with E-state index in [4.69, 9.17) is 4.74 Å². The predicted molar refractivity (Wildman–Crippen MR) is 97.7 cm³/mol. The van der Waals surface area contributed by atoms with Crippen LogP contribution in [0, 0.1) is 23.7 Å². The van der Waals surface area contributed by atoms with Crippen LogP contribution in [0.15, 0.2) is 54.1 Å². The van der Waals surface area contributed by atoms with Crippen LogP contribution in [0.25, 0.3) is 0 Å². The molecule has 4 unspecified atom stereocenters. The van der Waals surface area contributed by atoms with Gasteiger partial charge in [0.15, 0.2) is 0 Å². The van der Waals surface area contributed by atoms with Crippen LogP contribution in [0.3, 0.4) is 0 Å². The van der Waals surface area contributed by atoms with E-state index >= 15 is 0 Å². The minimum absolute atomic E-state index is 0.0817. The van der Waals surface area contributed by atoms with Gasteiger partial charge in [-0.15, -0.1) is 0 Å². The summed E-state index contributed by atoms with van der Waals surface area (Å²) in [7, 11) is 0. The number of allylic oxidation sites excluding steroid dienone is 1.